The number of hydrogen-bond acceptors (Lipinski definition) is 0. The smallest absolute Gasteiger partial charge is 0.0334 e. The molecule has 0 aliphatic rings. The molecule has 0 N–H and O–H groups in total. The summed E-state index contributed by atoms with van der Waals surface area (Å²) in [5.41, 5.74) is 1.88. The quantitative estimate of drug-likeness (QED) is 0.431. The van der Waals surface area contributed by atoms with Crippen LogP contribution >= 0.6 is 0 Å². The fraction of sp³-hybridized carbons (Fsp3) is 1.00. The van der Waals surface area contributed by atoms with Crippen molar-refractivity contribution in [2.24, 2.45) is 21.7 Å². The van der Waals surface area contributed by atoms with E-state index >= 15 is 0 Å². The summed E-state index contributed by atoms with van der Waals surface area (Å²) in [6, 6.07) is 0. The van der Waals surface area contributed by atoms with Crippen molar-refractivity contribution in [1.82, 2.24) is 0 Å². The van der Waals surface area contributed by atoms with Crippen molar-refractivity contribution in [2.75, 3.05) is 0 Å². The lowest BCUT2D eigenvalue weighted by Crippen LogP contribution is -2.25. The molecule has 0 radical (unpaired) electrons. The van der Waals surface area contributed by atoms with E-state index < -0.39 is 0 Å². The van der Waals surface area contributed by atoms with E-state index in [9.17, 15) is 0 Å². The summed E-state index contributed by atoms with van der Waals surface area (Å²) in [5, 5.41) is 0. The molecule has 0 aromatic rings. The Labute approximate surface area is 119 Å². The second kappa shape index (κ2) is 7.56. The maximum Gasteiger partial charge on any atom is -0.0334 e. The third-order valence-electron chi connectivity index (χ3n) is 2.25. The molecule has 0 saturated carbocycles. The van der Waals surface area contributed by atoms with Crippen molar-refractivity contribution in [3.8, 4) is 0 Å². The van der Waals surface area contributed by atoms with Gasteiger partial charge in [-0.3, -0.25) is 0 Å². The van der Waals surface area contributed by atoms with Gasteiger partial charge >= 0.3 is 0 Å². The van der Waals surface area contributed by atoms with E-state index in [1.54, 1.807) is 0 Å². The van der Waals surface area contributed by atoms with Crippen molar-refractivity contribution in [1.29, 1.82) is 0 Å². The highest BCUT2D eigenvalue weighted by molar-refractivity contribution is 4.77. The Morgan fingerprint density at radius 1 is 0.278 bits per heavy atom. The fourth-order valence-electron chi connectivity index (χ4n) is 0. The van der Waals surface area contributed by atoms with Crippen LogP contribution in [0.2, 0.25) is 0 Å². The molecule has 0 aromatic carbocycles. The van der Waals surface area contributed by atoms with Crippen LogP contribution in [0, 0.1) is 21.7 Å². The molecule has 0 heterocycles. The molecule has 0 unspecified atom stereocenters. The molecule has 0 aliphatic heterocycles. The van der Waals surface area contributed by atoms with Gasteiger partial charge in [0.25, 0.3) is 0 Å². The van der Waals surface area contributed by atoms with Gasteiger partial charge in [0, 0.05) is 0 Å². The fourth-order valence-corrected chi connectivity index (χ4v) is 0. The van der Waals surface area contributed by atoms with Crippen molar-refractivity contribution in [3.05, 3.63) is 0 Å². The van der Waals surface area contributed by atoms with Gasteiger partial charge in [0.15, 0.2) is 0 Å². The van der Waals surface area contributed by atoms with Crippen LogP contribution in [-0.2, 0) is 0 Å². The first-order valence-corrected chi connectivity index (χ1v) is 7.25. The molecule has 0 fully saturated rings. The molecule has 18 heavy (non-hydrogen) atoms. The molecule has 0 saturated heterocycles. The number of hydrogen-bond donors (Lipinski definition) is 0. The Morgan fingerprint density at radius 2 is 0.333 bits per heavy atom. The highest BCUT2D eigenvalue weighted by Crippen LogP contribution is 2.36. The molecule has 0 aliphatic carbocycles. The van der Waals surface area contributed by atoms with Crippen LogP contribution < -0.4 is 0 Å². The topological polar surface area (TPSA) is 0 Å². The first-order chi connectivity index (χ1) is 7.25. The summed E-state index contributed by atoms with van der Waals surface area (Å²) in [6.45, 7) is 31.1. The lowest BCUT2D eigenvalue weighted by Gasteiger charge is -2.34. The first-order valence-electron chi connectivity index (χ1n) is 7.25. The molecule has 0 aromatic heterocycles. The van der Waals surface area contributed by atoms with E-state index in [2.05, 4.69) is 96.9 Å². The van der Waals surface area contributed by atoms with E-state index in [4.69, 9.17) is 0 Å². The summed E-state index contributed by atoms with van der Waals surface area (Å²) in [7, 11) is 0. The van der Waals surface area contributed by atoms with Crippen molar-refractivity contribution in [3.63, 3.8) is 0 Å². The van der Waals surface area contributed by atoms with Gasteiger partial charge in [-0.05, 0) is 21.7 Å². The van der Waals surface area contributed by atoms with Gasteiger partial charge in [0.2, 0.25) is 0 Å². The Kier molecular flexibility index (Phi) is 9.70. The molecule has 0 heteroatoms. The lowest BCUT2D eigenvalue weighted by atomic mass is 9.71. The average molecular weight is 259 g/mol. The van der Waals surface area contributed by atoms with Gasteiger partial charge in [-0.25, -0.2) is 0 Å². The van der Waals surface area contributed by atoms with E-state index in [1.165, 1.54) is 0 Å². The van der Waals surface area contributed by atoms with Crippen LogP contribution in [0.1, 0.15) is 96.9 Å². The summed E-state index contributed by atoms with van der Waals surface area (Å²) in [5.74, 6) is 0. The molecule has 0 amide bonds. The van der Waals surface area contributed by atoms with Crippen LogP contribution in [-0.4, -0.2) is 0 Å². The highest BCUT2D eigenvalue weighted by atomic mass is 14.3. The highest BCUT2D eigenvalue weighted by Gasteiger charge is 2.26. The summed E-state index contributed by atoms with van der Waals surface area (Å²) in [4.78, 5) is 0. The normalized spacial score (nSPS) is 13.0. The molecule has 0 rings (SSSR count). The predicted octanol–water partition coefficient (Wildman–Crippen LogP) is 7.18. The Morgan fingerprint density at radius 3 is 0.333 bits per heavy atom. The standard InChI is InChI=1S/C8H18.2C5H12/c1-7(2,3)8(4,5)6;2*1-5(2,3)4/h1-6H3;2*1-4H3. The van der Waals surface area contributed by atoms with Gasteiger partial charge in [0.1, 0.15) is 0 Å². The zero-order valence-electron chi connectivity index (χ0n) is 16.0. The van der Waals surface area contributed by atoms with E-state index in [1.807, 2.05) is 0 Å². The van der Waals surface area contributed by atoms with Gasteiger partial charge in [-0.2, -0.15) is 0 Å². The minimum atomic E-state index is 0.437. The molecular formula is C18H42. The molecule has 114 valence electrons. The van der Waals surface area contributed by atoms with Crippen LogP contribution in [0.5, 0.6) is 0 Å². The summed E-state index contributed by atoms with van der Waals surface area (Å²) in [6.07, 6.45) is 0. The Bertz CT molecular complexity index is 146. The van der Waals surface area contributed by atoms with Gasteiger partial charge in [-0.15, -0.1) is 0 Å². The Hall–Kier alpha value is 0. The second-order valence-electron chi connectivity index (χ2n) is 10.5. The van der Waals surface area contributed by atoms with Crippen LogP contribution in [0.3, 0.4) is 0 Å². The predicted molar refractivity (Wildman–Crippen MR) is 89.2 cm³/mol. The zero-order valence-corrected chi connectivity index (χ0v) is 16.0. The monoisotopic (exact) mass is 258 g/mol. The maximum atomic E-state index is 2.27. The van der Waals surface area contributed by atoms with Crippen molar-refractivity contribution in [2.45, 2.75) is 96.9 Å². The van der Waals surface area contributed by atoms with Crippen LogP contribution in [0.25, 0.3) is 0 Å². The van der Waals surface area contributed by atoms with Gasteiger partial charge < -0.3 is 0 Å². The third-order valence-corrected chi connectivity index (χ3v) is 2.25. The second-order valence-corrected chi connectivity index (χ2v) is 10.5. The van der Waals surface area contributed by atoms with Crippen LogP contribution in [0.15, 0.2) is 0 Å². The molecular weight excluding hydrogens is 216 g/mol. The van der Waals surface area contributed by atoms with Crippen molar-refractivity contribution < 1.29 is 0 Å². The first kappa shape index (κ1) is 23.1. The van der Waals surface area contributed by atoms with Crippen LogP contribution in [0.4, 0.5) is 0 Å². The average Bonchev–Trinajstić information content (AvgIpc) is 1.70. The van der Waals surface area contributed by atoms with Gasteiger partial charge in [0.05, 0.1) is 0 Å². The van der Waals surface area contributed by atoms with Crippen molar-refractivity contribution >= 4 is 0 Å². The SMILES string of the molecule is CC(C)(C)C.CC(C)(C)C.CC(C)(C)C(C)(C)C. The van der Waals surface area contributed by atoms with E-state index in [0.717, 1.165) is 0 Å². The number of rotatable bonds is 0. The minimum absolute atomic E-state index is 0.437. The largest absolute Gasteiger partial charge is 0.0604 e. The summed E-state index contributed by atoms with van der Waals surface area (Å²) >= 11 is 0. The van der Waals surface area contributed by atoms with E-state index in [0.29, 0.717) is 21.7 Å². The van der Waals surface area contributed by atoms with Gasteiger partial charge in [-0.1, -0.05) is 96.9 Å². The summed E-state index contributed by atoms with van der Waals surface area (Å²) < 4.78 is 0. The molecule has 0 nitrogen and oxygen atoms in total. The maximum absolute atomic E-state index is 2.27. The molecule has 0 atom stereocenters. The Balaban J connectivity index is -0.000000197. The third kappa shape index (κ3) is 44.4. The zero-order chi connectivity index (χ0) is 16.0. The lowest BCUT2D eigenvalue weighted by molar-refractivity contribution is 0.157. The van der Waals surface area contributed by atoms with E-state index in [-0.39, 0.29) is 0 Å². The molecule has 0 spiro atoms. The molecule has 0 bridgehead atoms. The minimum Gasteiger partial charge on any atom is -0.0604 e.